The van der Waals surface area contributed by atoms with E-state index in [1.54, 1.807) is 9.80 Å². The van der Waals surface area contributed by atoms with Gasteiger partial charge < -0.3 is 9.80 Å². The highest BCUT2D eigenvalue weighted by atomic mass is 35.5. The number of benzene rings is 1. The van der Waals surface area contributed by atoms with Crippen LogP contribution < -0.4 is 4.90 Å². The molecule has 1 atom stereocenters. The smallest absolute Gasteiger partial charge is 0.249 e. The minimum atomic E-state index is -0.407. The van der Waals surface area contributed by atoms with Gasteiger partial charge in [0.2, 0.25) is 11.8 Å². The lowest BCUT2D eigenvalue weighted by Gasteiger charge is -2.40. The summed E-state index contributed by atoms with van der Waals surface area (Å²) < 4.78 is 0. The van der Waals surface area contributed by atoms with E-state index in [0.29, 0.717) is 18.1 Å². The monoisotopic (exact) mass is 334 g/mol. The van der Waals surface area contributed by atoms with E-state index in [1.807, 2.05) is 32.0 Å². The highest BCUT2D eigenvalue weighted by Crippen LogP contribution is 2.30. The van der Waals surface area contributed by atoms with E-state index in [9.17, 15) is 9.59 Å². The van der Waals surface area contributed by atoms with Crippen LogP contribution in [0.15, 0.2) is 18.2 Å². The summed E-state index contributed by atoms with van der Waals surface area (Å²) in [7, 11) is 0. The summed E-state index contributed by atoms with van der Waals surface area (Å²) in [5.41, 5.74) is 1.87. The Bertz CT molecular complexity index is 625. The van der Waals surface area contributed by atoms with Crippen LogP contribution >= 0.6 is 11.6 Å². The molecule has 2 amide bonds. The summed E-state index contributed by atoms with van der Waals surface area (Å²) in [5.74, 6) is 0.253. The first-order chi connectivity index (χ1) is 11.0. The summed E-state index contributed by atoms with van der Waals surface area (Å²) in [6.45, 7) is 4.93. The van der Waals surface area contributed by atoms with E-state index in [4.69, 9.17) is 11.6 Å². The number of nitrogens with zero attached hydrogens (tertiary/aromatic N) is 2. The van der Waals surface area contributed by atoms with E-state index >= 15 is 0 Å². The predicted octanol–water partition coefficient (Wildman–Crippen LogP) is 3.40. The fraction of sp³-hybridized carbons (Fsp3) is 0.556. The first kappa shape index (κ1) is 16.3. The van der Waals surface area contributed by atoms with Gasteiger partial charge >= 0.3 is 0 Å². The normalized spacial score (nSPS) is 22.7. The molecule has 0 aromatic heterocycles. The third-order valence-corrected chi connectivity index (χ3v) is 5.34. The molecule has 4 nitrogen and oxygen atoms in total. The van der Waals surface area contributed by atoms with Gasteiger partial charge in [0.1, 0.15) is 6.04 Å². The van der Waals surface area contributed by atoms with Crippen LogP contribution in [0.3, 0.4) is 0 Å². The molecular formula is C18H23ClN2O2. The Morgan fingerprint density at radius 2 is 1.91 bits per heavy atom. The number of carbonyl (C=O) groups excluding carboxylic acids is 2. The highest BCUT2D eigenvalue weighted by molar-refractivity contribution is 6.31. The van der Waals surface area contributed by atoms with Gasteiger partial charge in [0.05, 0.1) is 0 Å². The SMILES string of the molecule is Cc1ccc(Cl)cc1N1CCN(C(=O)C2CCCC2)[C@@H](C)C1=O. The van der Waals surface area contributed by atoms with Crippen LogP contribution in [0.2, 0.25) is 5.02 Å². The van der Waals surface area contributed by atoms with Crippen molar-refractivity contribution in [3.8, 4) is 0 Å². The zero-order chi connectivity index (χ0) is 16.6. The molecule has 0 unspecified atom stereocenters. The number of anilines is 1. The molecule has 1 aliphatic carbocycles. The lowest BCUT2D eigenvalue weighted by Crippen LogP contribution is -2.58. The number of hydrogen-bond acceptors (Lipinski definition) is 2. The lowest BCUT2D eigenvalue weighted by atomic mass is 10.0. The molecule has 5 heteroatoms. The summed E-state index contributed by atoms with van der Waals surface area (Å²) in [4.78, 5) is 29.0. The van der Waals surface area contributed by atoms with Crippen molar-refractivity contribution < 1.29 is 9.59 Å². The quantitative estimate of drug-likeness (QED) is 0.831. The Balaban J connectivity index is 1.78. The van der Waals surface area contributed by atoms with Crippen LogP contribution in [0.4, 0.5) is 5.69 Å². The van der Waals surface area contributed by atoms with E-state index in [1.165, 1.54) is 0 Å². The Labute approximate surface area is 142 Å². The molecule has 1 saturated heterocycles. The van der Waals surface area contributed by atoms with Gasteiger partial charge in [-0.3, -0.25) is 9.59 Å². The Morgan fingerprint density at radius 3 is 2.61 bits per heavy atom. The van der Waals surface area contributed by atoms with Gasteiger partial charge in [0.15, 0.2) is 0 Å². The molecule has 0 spiro atoms. The maximum absolute atomic E-state index is 12.8. The first-order valence-corrected chi connectivity index (χ1v) is 8.75. The van der Waals surface area contributed by atoms with E-state index in [2.05, 4.69) is 0 Å². The minimum Gasteiger partial charge on any atom is -0.329 e. The van der Waals surface area contributed by atoms with Crippen molar-refractivity contribution in [2.24, 2.45) is 5.92 Å². The van der Waals surface area contributed by atoms with Gasteiger partial charge in [0.25, 0.3) is 0 Å². The second-order valence-electron chi connectivity index (χ2n) is 6.61. The van der Waals surface area contributed by atoms with Crippen LogP contribution in [0, 0.1) is 12.8 Å². The second kappa shape index (κ2) is 6.52. The molecule has 1 heterocycles. The van der Waals surface area contributed by atoms with Crippen molar-refractivity contribution >= 4 is 29.1 Å². The summed E-state index contributed by atoms with van der Waals surface area (Å²) in [6, 6.07) is 5.17. The van der Waals surface area contributed by atoms with Gasteiger partial charge in [-0.05, 0) is 44.4 Å². The lowest BCUT2D eigenvalue weighted by molar-refractivity contribution is -0.143. The largest absolute Gasteiger partial charge is 0.329 e. The van der Waals surface area contributed by atoms with Crippen LogP contribution in [-0.2, 0) is 9.59 Å². The van der Waals surface area contributed by atoms with Gasteiger partial charge in [-0.15, -0.1) is 0 Å². The molecule has 1 aromatic rings. The molecule has 0 bridgehead atoms. The number of halogens is 1. The number of carbonyl (C=O) groups is 2. The third kappa shape index (κ3) is 3.09. The average Bonchev–Trinajstić information content (AvgIpc) is 3.06. The van der Waals surface area contributed by atoms with Crippen molar-refractivity contribution in [3.05, 3.63) is 28.8 Å². The summed E-state index contributed by atoms with van der Waals surface area (Å²) >= 11 is 6.08. The van der Waals surface area contributed by atoms with Crippen LogP contribution in [0.1, 0.15) is 38.2 Å². The summed E-state index contributed by atoms with van der Waals surface area (Å²) in [5, 5.41) is 0.621. The zero-order valence-corrected chi connectivity index (χ0v) is 14.5. The number of rotatable bonds is 2. The fourth-order valence-corrected chi connectivity index (χ4v) is 3.86. The molecule has 1 aliphatic heterocycles. The third-order valence-electron chi connectivity index (χ3n) is 5.10. The van der Waals surface area contributed by atoms with Crippen LogP contribution in [0.5, 0.6) is 0 Å². The Kier molecular flexibility index (Phi) is 4.62. The first-order valence-electron chi connectivity index (χ1n) is 8.37. The molecule has 23 heavy (non-hydrogen) atoms. The number of aryl methyl sites for hydroxylation is 1. The van der Waals surface area contributed by atoms with E-state index < -0.39 is 6.04 Å². The zero-order valence-electron chi connectivity index (χ0n) is 13.7. The molecule has 2 aliphatic rings. The summed E-state index contributed by atoms with van der Waals surface area (Å²) in [6.07, 6.45) is 4.18. The fourth-order valence-electron chi connectivity index (χ4n) is 3.69. The van der Waals surface area contributed by atoms with E-state index in [0.717, 1.165) is 36.9 Å². The van der Waals surface area contributed by atoms with E-state index in [-0.39, 0.29) is 17.7 Å². The molecular weight excluding hydrogens is 312 g/mol. The number of piperazine rings is 1. The highest BCUT2D eigenvalue weighted by Gasteiger charge is 2.38. The molecule has 1 aromatic carbocycles. The molecule has 0 N–H and O–H groups in total. The van der Waals surface area contributed by atoms with Gasteiger partial charge in [-0.25, -0.2) is 0 Å². The minimum absolute atomic E-state index is 0.0204. The van der Waals surface area contributed by atoms with Gasteiger partial charge in [-0.1, -0.05) is 30.5 Å². The van der Waals surface area contributed by atoms with Crippen LogP contribution in [-0.4, -0.2) is 35.8 Å². The molecule has 124 valence electrons. The number of hydrogen-bond donors (Lipinski definition) is 0. The Morgan fingerprint density at radius 1 is 1.22 bits per heavy atom. The molecule has 2 fully saturated rings. The maximum Gasteiger partial charge on any atom is 0.249 e. The van der Waals surface area contributed by atoms with Gasteiger partial charge in [0, 0.05) is 29.7 Å². The van der Waals surface area contributed by atoms with Crippen molar-refractivity contribution in [2.45, 2.75) is 45.6 Å². The van der Waals surface area contributed by atoms with Crippen molar-refractivity contribution in [2.75, 3.05) is 18.0 Å². The Hall–Kier alpha value is -1.55. The number of amides is 2. The second-order valence-corrected chi connectivity index (χ2v) is 7.05. The molecule has 1 saturated carbocycles. The maximum atomic E-state index is 12.8. The van der Waals surface area contributed by atoms with Crippen LogP contribution in [0.25, 0.3) is 0 Å². The topological polar surface area (TPSA) is 40.6 Å². The van der Waals surface area contributed by atoms with Crippen molar-refractivity contribution in [1.82, 2.24) is 4.90 Å². The molecule has 3 rings (SSSR count). The predicted molar refractivity (Wildman–Crippen MR) is 91.7 cm³/mol. The van der Waals surface area contributed by atoms with Gasteiger partial charge in [-0.2, -0.15) is 0 Å². The average molecular weight is 335 g/mol. The molecule has 0 radical (unpaired) electrons. The standard InChI is InChI=1S/C18H23ClN2O2/c1-12-7-8-15(19)11-16(12)21-10-9-20(13(2)17(21)22)18(23)14-5-3-4-6-14/h7-8,11,13-14H,3-6,9-10H2,1-2H3/t13-/m0/s1. The van der Waals surface area contributed by atoms with Crippen molar-refractivity contribution in [1.29, 1.82) is 0 Å². The van der Waals surface area contributed by atoms with Crippen molar-refractivity contribution in [3.63, 3.8) is 0 Å².